The minimum Gasteiger partial charge on any atom is -0.468 e. The standard InChI is InChI=1S/C20H18ClF3N2O5/c1-30-17(28)19(18(29)31-2,8-9-25-16(27)12-6-4-3-5-7-12)15-14(21)10-13(11-26-15)20(22,23)24/h3-7,10-11H,8-9H2,1-2H3,(H,25,27). The Morgan fingerprint density at radius 2 is 1.65 bits per heavy atom. The summed E-state index contributed by atoms with van der Waals surface area (Å²) in [6.45, 7) is -0.239. The Balaban J connectivity index is 2.43. The summed E-state index contributed by atoms with van der Waals surface area (Å²) < 4.78 is 48.3. The van der Waals surface area contributed by atoms with E-state index in [1.165, 1.54) is 0 Å². The molecule has 0 bridgehead atoms. The number of amides is 1. The highest BCUT2D eigenvalue weighted by Gasteiger charge is 2.53. The number of benzene rings is 1. The fourth-order valence-electron chi connectivity index (χ4n) is 2.91. The molecule has 2 aromatic rings. The van der Waals surface area contributed by atoms with Crippen LogP contribution in [0.15, 0.2) is 42.6 Å². The number of carbonyl (C=O) groups excluding carboxylic acids is 3. The summed E-state index contributed by atoms with van der Waals surface area (Å²) >= 11 is 5.99. The van der Waals surface area contributed by atoms with Gasteiger partial charge in [0.05, 0.1) is 30.5 Å². The predicted molar refractivity (Wildman–Crippen MR) is 103 cm³/mol. The molecule has 0 spiro atoms. The van der Waals surface area contributed by atoms with Crippen LogP contribution in [0.2, 0.25) is 5.02 Å². The van der Waals surface area contributed by atoms with E-state index in [9.17, 15) is 27.6 Å². The van der Waals surface area contributed by atoms with E-state index in [4.69, 9.17) is 21.1 Å². The monoisotopic (exact) mass is 458 g/mol. The smallest absolute Gasteiger partial charge is 0.417 e. The van der Waals surface area contributed by atoms with Gasteiger partial charge in [-0.1, -0.05) is 29.8 Å². The number of nitrogens with zero attached hydrogens (tertiary/aromatic N) is 1. The summed E-state index contributed by atoms with van der Waals surface area (Å²) in [5.41, 5.74) is -3.61. The van der Waals surface area contributed by atoms with Crippen molar-refractivity contribution in [3.63, 3.8) is 0 Å². The molecule has 0 fully saturated rings. The Morgan fingerprint density at radius 3 is 2.13 bits per heavy atom. The summed E-state index contributed by atoms with van der Waals surface area (Å²) in [7, 11) is 1.97. The van der Waals surface area contributed by atoms with E-state index in [0.717, 1.165) is 14.2 Å². The van der Waals surface area contributed by atoms with E-state index >= 15 is 0 Å². The first-order valence-electron chi connectivity index (χ1n) is 8.81. The van der Waals surface area contributed by atoms with Crippen LogP contribution >= 0.6 is 11.6 Å². The number of ether oxygens (including phenoxy) is 2. The van der Waals surface area contributed by atoms with Crippen LogP contribution in [0.4, 0.5) is 13.2 Å². The average Bonchev–Trinajstić information content (AvgIpc) is 2.75. The molecule has 2 rings (SSSR count). The largest absolute Gasteiger partial charge is 0.468 e. The van der Waals surface area contributed by atoms with Crippen molar-refractivity contribution >= 4 is 29.4 Å². The van der Waals surface area contributed by atoms with Gasteiger partial charge in [0.2, 0.25) is 5.41 Å². The number of carbonyl (C=O) groups is 3. The van der Waals surface area contributed by atoms with Crippen molar-refractivity contribution in [3.05, 3.63) is 64.4 Å². The molecule has 7 nitrogen and oxygen atoms in total. The predicted octanol–water partition coefficient (Wildman–Crippen LogP) is 3.16. The Labute approximate surface area is 180 Å². The zero-order valence-corrected chi connectivity index (χ0v) is 17.2. The Hall–Kier alpha value is -3.14. The summed E-state index contributed by atoms with van der Waals surface area (Å²) in [6.07, 6.45) is -4.72. The first-order chi connectivity index (χ1) is 14.6. The van der Waals surface area contributed by atoms with Crippen LogP contribution in [0.3, 0.4) is 0 Å². The number of esters is 2. The van der Waals surface area contributed by atoms with Crippen molar-refractivity contribution in [2.45, 2.75) is 18.0 Å². The van der Waals surface area contributed by atoms with Crippen molar-refractivity contribution in [1.82, 2.24) is 10.3 Å². The van der Waals surface area contributed by atoms with Crippen molar-refractivity contribution < 1.29 is 37.0 Å². The minimum absolute atomic E-state index is 0.239. The number of rotatable bonds is 7. The number of hydrogen-bond donors (Lipinski definition) is 1. The maximum Gasteiger partial charge on any atom is 0.417 e. The van der Waals surface area contributed by atoms with E-state index in [0.29, 0.717) is 17.8 Å². The van der Waals surface area contributed by atoms with E-state index in [1.54, 1.807) is 30.3 Å². The summed E-state index contributed by atoms with van der Waals surface area (Å²) in [6, 6.07) is 8.67. The number of halogens is 4. The van der Waals surface area contributed by atoms with Gasteiger partial charge < -0.3 is 14.8 Å². The molecule has 1 N–H and O–H groups in total. The highest BCUT2D eigenvalue weighted by atomic mass is 35.5. The summed E-state index contributed by atoms with van der Waals surface area (Å²) in [4.78, 5) is 41.2. The molecule has 0 aliphatic heterocycles. The van der Waals surface area contributed by atoms with Gasteiger partial charge in [0.25, 0.3) is 5.91 Å². The molecule has 0 saturated heterocycles. The van der Waals surface area contributed by atoms with Gasteiger partial charge in [0, 0.05) is 18.3 Å². The van der Waals surface area contributed by atoms with Crippen molar-refractivity contribution in [2.24, 2.45) is 0 Å². The molecule has 1 aromatic carbocycles. The lowest BCUT2D eigenvalue weighted by atomic mass is 9.80. The molecule has 166 valence electrons. The molecular weight excluding hydrogens is 441 g/mol. The molecular formula is C20H18ClF3N2O5. The fourth-order valence-corrected chi connectivity index (χ4v) is 3.24. The number of aromatic nitrogens is 1. The molecule has 31 heavy (non-hydrogen) atoms. The molecule has 0 saturated carbocycles. The number of methoxy groups -OCH3 is 2. The van der Waals surface area contributed by atoms with Gasteiger partial charge >= 0.3 is 18.1 Å². The zero-order chi connectivity index (χ0) is 23.2. The van der Waals surface area contributed by atoms with Crippen LogP contribution in [-0.4, -0.2) is 43.6 Å². The third-order valence-electron chi connectivity index (χ3n) is 4.46. The van der Waals surface area contributed by atoms with E-state index in [-0.39, 0.29) is 6.54 Å². The van der Waals surface area contributed by atoms with Gasteiger partial charge in [-0.05, 0) is 24.6 Å². The van der Waals surface area contributed by atoms with Crippen molar-refractivity contribution in [1.29, 1.82) is 0 Å². The van der Waals surface area contributed by atoms with E-state index < -0.39 is 52.1 Å². The molecule has 0 unspecified atom stereocenters. The lowest BCUT2D eigenvalue weighted by molar-refractivity contribution is -0.162. The molecule has 0 radical (unpaired) electrons. The quantitative estimate of drug-likeness (QED) is 0.506. The SMILES string of the molecule is COC(=O)C(CCNC(=O)c1ccccc1)(C(=O)OC)c1ncc(C(F)(F)F)cc1Cl. The number of pyridine rings is 1. The molecule has 0 aliphatic carbocycles. The van der Waals surface area contributed by atoms with Crippen LogP contribution in [-0.2, 0) is 30.7 Å². The maximum atomic E-state index is 13.0. The summed E-state index contributed by atoms with van der Waals surface area (Å²) in [5, 5.41) is 1.95. The lowest BCUT2D eigenvalue weighted by Crippen LogP contribution is -2.48. The molecule has 11 heteroatoms. The van der Waals surface area contributed by atoms with Crippen LogP contribution < -0.4 is 5.32 Å². The van der Waals surface area contributed by atoms with E-state index in [2.05, 4.69) is 10.3 Å². The van der Waals surface area contributed by atoms with Gasteiger partial charge in [-0.25, -0.2) is 0 Å². The molecule has 0 aliphatic rings. The summed E-state index contributed by atoms with van der Waals surface area (Å²) in [5.74, 6) is -2.79. The Bertz CT molecular complexity index is 951. The fraction of sp³-hybridized carbons (Fsp3) is 0.300. The highest BCUT2D eigenvalue weighted by Crippen LogP contribution is 2.37. The van der Waals surface area contributed by atoms with Crippen LogP contribution in [0.25, 0.3) is 0 Å². The number of nitrogens with one attached hydrogen (secondary N) is 1. The first-order valence-corrected chi connectivity index (χ1v) is 9.19. The first kappa shape index (κ1) is 24.1. The van der Waals surface area contributed by atoms with Gasteiger partial charge in [-0.15, -0.1) is 0 Å². The van der Waals surface area contributed by atoms with Gasteiger partial charge in [-0.3, -0.25) is 19.4 Å². The zero-order valence-electron chi connectivity index (χ0n) is 16.5. The van der Waals surface area contributed by atoms with Crippen molar-refractivity contribution in [2.75, 3.05) is 20.8 Å². The lowest BCUT2D eigenvalue weighted by Gasteiger charge is -2.28. The third-order valence-corrected chi connectivity index (χ3v) is 4.75. The van der Waals surface area contributed by atoms with Crippen LogP contribution in [0, 0.1) is 0 Å². The minimum atomic E-state index is -4.74. The van der Waals surface area contributed by atoms with Gasteiger partial charge in [0.1, 0.15) is 0 Å². The van der Waals surface area contributed by atoms with Gasteiger partial charge in [-0.2, -0.15) is 13.2 Å². The van der Waals surface area contributed by atoms with Gasteiger partial charge in [0.15, 0.2) is 0 Å². The normalized spacial score (nSPS) is 11.5. The molecule has 1 amide bonds. The molecule has 0 atom stereocenters. The molecule has 1 heterocycles. The second kappa shape index (κ2) is 9.78. The number of alkyl halides is 3. The molecule has 1 aromatic heterocycles. The maximum absolute atomic E-state index is 13.0. The van der Waals surface area contributed by atoms with Crippen LogP contribution in [0.1, 0.15) is 28.0 Å². The Kier molecular flexibility index (Phi) is 7.61. The number of hydrogen-bond acceptors (Lipinski definition) is 6. The average molecular weight is 459 g/mol. The third kappa shape index (κ3) is 5.13. The van der Waals surface area contributed by atoms with Crippen LogP contribution in [0.5, 0.6) is 0 Å². The second-order valence-electron chi connectivity index (χ2n) is 6.31. The highest BCUT2D eigenvalue weighted by molar-refractivity contribution is 6.32. The van der Waals surface area contributed by atoms with Crippen molar-refractivity contribution in [3.8, 4) is 0 Å². The topological polar surface area (TPSA) is 94.6 Å². The van der Waals surface area contributed by atoms with E-state index in [1.807, 2.05) is 0 Å². The Morgan fingerprint density at radius 1 is 1.06 bits per heavy atom. The second-order valence-corrected chi connectivity index (χ2v) is 6.72.